The molecule has 0 atom stereocenters. The maximum absolute atomic E-state index is 4.09. The van der Waals surface area contributed by atoms with Gasteiger partial charge in [-0.3, -0.25) is 0 Å². The van der Waals surface area contributed by atoms with E-state index < -0.39 is 0 Å². The highest BCUT2D eigenvalue weighted by molar-refractivity contribution is 5.59. The third kappa shape index (κ3) is 1.76. The van der Waals surface area contributed by atoms with E-state index in [-0.39, 0.29) is 5.41 Å². The zero-order chi connectivity index (χ0) is 9.19. The number of nitrogens with zero attached hydrogens (tertiary/aromatic N) is 2. The first-order chi connectivity index (χ1) is 5.54. The minimum absolute atomic E-state index is 0.137. The molecule has 0 amide bonds. The SMILES string of the molecule is C=C1N(C)/C=N\C=C/CC1(C)C. The van der Waals surface area contributed by atoms with Crippen LogP contribution < -0.4 is 0 Å². The van der Waals surface area contributed by atoms with Gasteiger partial charge in [-0.05, 0) is 6.42 Å². The standard InChI is InChI=1S/C10H16N2/c1-9-10(2,3)6-5-7-11-8-12(9)4/h5,7-8H,1,6H2,2-4H3/b7-5-,11-8-. The Bertz CT molecular complexity index is 236. The molecule has 1 aliphatic rings. The quantitative estimate of drug-likeness (QED) is 0.537. The molecule has 0 aromatic carbocycles. The van der Waals surface area contributed by atoms with Gasteiger partial charge in [-0.15, -0.1) is 0 Å². The van der Waals surface area contributed by atoms with E-state index in [9.17, 15) is 0 Å². The van der Waals surface area contributed by atoms with Gasteiger partial charge in [0.25, 0.3) is 0 Å². The summed E-state index contributed by atoms with van der Waals surface area (Å²) in [6.07, 6.45) is 6.70. The maximum Gasteiger partial charge on any atom is 0.0944 e. The molecule has 1 aliphatic heterocycles. The maximum atomic E-state index is 4.09. The van der Waals surface area contributed by atoms with Crippen molar-refractivity contribution in [3.8, 4) is 0 Å². The normalized spacial score (nSPS) is 27.6. The molecule has 0 aromatic rings. The average Bonchev–Trinajstić information content (AvgIpc) is 2.00. The summed E-state index contributed by atoms with van der Waals surface area (Å²) >= 11 is 0. The van der Waals surface area contributed by atoms with E-state index in [1.807, 2.05) is 18.1 Å². The molecule has 0 N–H and O–H groups in total. The van der Waals surface area contributed by atoms with Gasteiger partial charge in [0.05, 0.1) is 6.34 Å². The van der Waals surface area contributed by atoms with Gasteiger partial charge >= 0.3 is 0 Å². The molecule has 0 saturated carbocycles. The molecular weight excluding hydrogens is 148 g/mol. The first-order valence-corrected chi connectivity index (χ1v) is 4.14. The fraction of sp³-hybridized carbons (Fsp3) is 0.500. The van der Waals surface area contributed by atoms with E-state index in [1.54, 1.807) is 6.34 Å². The Morgan fingerprint density at radius 3 is 2.92 bits per heavy atom. The lowest BCUT2D eigenvalue weighted by Gasteiger charge is -2.31. The van der Waals surface area contributed by atoms with Gasteiger partial charge in [0.1, 0.15) is 0 Å². The molecule has 1 rings (SSSR count). The lowest BCUT2D eigenvalue weighted by atomic mass is 9.85. The molecule has 1 heterocycles. The third-order valence-corrected chi connectivity index (χ3v) is 2.27. The summed E-state index contributed by atoms with van der Waals surface area (Å²) in [5.74, 6) is 0. The van der Waals surface area contributed by atoms with E-state index in [1.165, 1.54) is 0 Å². The number of rotatable bonds is 0. The smallest absolute Gasteiger partial charge is 0.0944 e. The second kappa shape index (κ2) is 3.13. The van der Waals surface area contributed by atoms with Crippen LogP contribution in [0.25, 0.3) is 0 Å². The predicted molar refractivity (Wildman–Crippen MR) is 52.9 cm³/mol. The van der Waals surface area contributed by atoms with Crippen LogP contribution in [-0.2, 0) is 0 Å². The summed E-state index contributed by atoms with van der Waals surface area (Å²) in [4.78, 5) is 6.06. The van der Waals surface area contributed by atoms with Crippen LogP contribution >= 0.6 is 0 Å². The number of allylic oxidation sites excluding steroid dienone is 2. The van der Waals surface area contributed by atoms with E-state index in [0.717, 1.165) is 12.1 Å². The van der Waals surface area contributed by atoms with Crippen molar-refractivity contribution in [2.45, 2.75) is 20.3 Å². The van der Waals surface area contributed by atoms with Crippen molar-refractivity contribution in [3.63, 3.8) is 0 Å². The van der Waals surface area contributed by atoms with Gasteiger partial charge in [-0.1, -0.05) is 26.5 Å². The topological polar surface area (TPSA) is 15.6 Å². The summed E-state index contributed by atoms with van der Waals surface area (Å²) in [6, 6.07) is 0. The molecular formula is C10H16N2. The van der Waals surface area contributed by atoms with Gasteiger partial charge < -0.3 is 4.90 Å². The molecule has 2 heteroatoms. The molecule has 0 spiro atoms. The second-order valence-corrected chi connectivity index (χ2v) is 3.79. The molecule has 66 valence electrons. The van der Waals surface area contributed by atoms with Crippen LogP contribution in [0.2, 0.25) is 0 Å². The third-order valence-electron chi connectivity index (χ3n) is 2.27. The predicted octanol–water partition coefficient (Wildman–Crippen LogP) is 2.40. The van der Waals surface area contributed by atoms with Crippen LogP contribution in [0.15, 0.2) is 29.5 Å². The Kier molecular flexibility index (Phi) is 2.36. The Labute approximate surface area is 74.3 Å². The monoisotopic (exact) mass is 164 g/mol. The van der Waals surface area contributed by atoms with E-state index >= 15 is 0 Å². The Balaban J connectivity index is 2.90. The van der Waals surface area contributed by atoms with Crippen LogP contribution in [0.3, 0.4) is 0 Å². The van der Waals surface area contributed by atoms with Crippen LogP contribution in [0.4, 0.5) is 0 Å². The summed E-state index contributed by atoms with van der Waals surface area (Å²) in [7, 11) is 1.98. The first-order valence-electron chi connectivity index (χ1n) is 4.14. The zero-order valence-electron chi connectivity index (χ0n) is 8.04. The van der Waals surface area contributed by atoms with Gasteiger partial charge in [0, 0.05) is 24.4 Å². The van der Waals surface area contributed by atoms with Crippen molar-refractivity contribution >= 4 is 6.34 Å². The van der Waals surface area contributed by atoms with Gasteiger partial charge in [-0.2, -0.15) is 0 Å². The Hall–Kier alpha value is -1.05. The minimum Gasteiger partial charge on any atom is -0.339 e. The van der Waals surface area contributed by atoms with Crippen molar-refractivity contribution in [1.82, 2.24) is 4.90 Å². The molecule has 2 nitrogen and oxygen atoms in total. The molecule has 0 radical (unpaired) electrons. The molecule has 0 unspecified atom stereocenters. The van der Waals surface area contributed by atoms with Crippen molar-refractivity contribution in [2.24, 2.45) is 10.4 Å². The van der Waals surface area contributed by atoms with Crippen LogP contribution in [0, 0.1) is 5.41 Å². The fourth-order valence-electron chi connectivity index (χ4n) is 1.21. The van der Waals surface area contributed by atoms with E-state index in [2.05, 4.69) is 31.5 Å². The number of aliphatic imine (C=N–C) groups is 1. The van der Waals surface area contributed by atoms with Crippen molar-refractivity contribution in [3.05, 3.63) is 24.6 Å². The first kappa shape index (κ1) is 9.04. The molecule has 12 heavy (non-hydrogen) atoms. The lowest BCUT2D eigenvalue weighted by molar-refractivity contribution is 0.370. The Morgan fingerprint density at radius 1 is 1.58 bits per heavy atom. The molecule has 0 saturated heterocycles. The number of hydrogen-bond donors (Lipinski definition) is 0. The molecule has 0 aromatic heterocycles. The zero-order valence-corrected chi connectivity index (χ0v) is 8.04. The Morgan fingerprint density at radius 2 is 2.25 bits per heavy atom. The van der Waals surface area contributed by atoms with Gasteiger partial charge in [0.15, 0.2) is 0 Å². The molecule has 0 fully saturated rings. The molecule has 0 aliphatic carbocycles. The van der Waals surface area contributed by atoms with Crippen LogP contribution in [-0.4, -0.2) is 18.3 Å². The van der Waals surface area contributed by atoms with Crippen LogP contribution in [0.5, 0.6) is 0 Å². The van der Waals surface area contributed by atoms with Gasteiger partial charge in [-0.25, -0.2) is 4.99 Å². The number of hydrogen-bond acceptors (Lipinski definition) is 2. The summed E-state index contributed by atoms with van der Waals surface area (Å²) < 4.78 is 0. The van der Waals surface area contributed by atoms with Crippen LogP contribution in [0.1, 0.15) is 20.3 Å². The minimum atomic E-state index is 0.137. The van der Waals surface area contributed by atoms with E-state index in [4.69, 9.17) is 0 Å². The second-order valence-electron chi connectivity index (χ2n) is 3.79. The fourth-order valence-corrected chi connectivity index (χ4v) is 1.21. The lowest BCUT2D eigenvalue weighted by Crippen LogP contribution is -2.27. The summed E-state index contributed by atoms with van der Waals surface area (Å²) in [5, 5.41) is 0. The highest BCUT2D eigenvalue weighted by Gasteiger charge is 2.23. The van der Waals surface area contributed by atoms with Gasteiger partial charge in [0.2, 0.25) is 0 Å². The van der Waals surface area contributed by atoms with Crippen molar-refractivity contribution in [2.75, 3.05) is 7.05 Å². The van der Waals surface area contributed by atoms with Crippen molar-refractivity contribution in [1.29, 1.82) is 0 Å². The summed E-state index contributed by atoms with van der Waals surface area (Å²) in [6.45, 7) is 8.43. The summed E-state index contributed by atoms with van der Waals surface area (Å²) in [5.41, 5.74) is 1.24. The molecule has 0 bridgehead atoms. The largest absolute Gasteiger partial charge is 0.339 e. The highest BCUT2D eigenvalue weighted by Crippen LogP contribution is 2.31. The van der Waals surface area contributed by atoms with E-state index in [0.29, 0.717) is 0 Å². The van der Waals surface area contributed by atoms with Crippen molar-refractivity contribution < 1.29 is 0 Å². The highest BCUT2D eigenvalue weighted by atomic mass is 15.1. The average molecular weight is 164 g/mol.